The van der Waals surface area contributed by atoms with E-state index in [0.717, 1.165) is 6.54 Å². The van der Waals surface area contributed by atoms with Crippen LogP contribution in [0.3, 0.4) is 0 Å². The molecule has 2 atom stereocenters. The molecule has 2 unspecified atom stereocenters. The molecule has 1 saturated heterocycles. The zero-order chi connectivity index (χ0) is 10.7. The van der Waals surface area contributed by atoms with Gasteiger partial charge < -0.3 is 10.6 Å². The third kappa shape index (κ3) is 3.03. The minimum absolute atomic E-state index is 0.377. The second kappa shape index (κ2) is 5.10. The molecule has 0 bridgehead atoms. The van der Waals surface area contributed by atoms with E-state index in [4.69, 9.17) is 5.73 Å². The standard InChI is InChI=1S/C12H20N2S/c1-10-4-6-14(9-12(10)13)7-5-11-3-2-8-15-11/h2-3,8,10,12H,4-7,9,13H2,1H3. The van der Waals surface area contributed by atoms with Crippen LogP contribution in [0, 0.1) is 5.92 Å². The van der Waals surface area contributed by atoms with E-state index in [1.165, 1.54) is 30.8 Å². The average Bonchev–Trinajstić information content (AvgIpc) is 2.73. The number of nitrogens with zero attached hydrogens (tertiary/aromatic N) is 1. The summed E-state index contributed by atoms with van der Waals surface area (Å²) in [5, 5.41) is 2.15. The third-order valence-electron chi connectivity index (χ3n) is 3.36. The molecule has 0 saturated carbocycles. The normalized spacial score (nSPS) is 28.1. The van der Waals surface area contributed by atoms with Crippen molar-refractivity contribution in [2.45, 2.75) is 25.8 Å². The molecule has 1 aliphatic rings. The van der Waals surface area contributed by atoms with E-state index in [2.05, 4.69) is 29.3 Å². The summed E-state index contributed by atoms with van der Waals surface area (Å²) in [6.45, 7) is 5.73. The van der Waals surface area contributed by atoms with Gasteiger partial charge in [-0.15, -0.1) is 11.3 Å². The van der Waals surface area contributed by atoms with Crippen LogP contribution < -0.4 is 5.73 Å². The minimum Gasteiger partial charge on any atom is -0.326 e. The summed E-state index contributed by atoms with van der Waals surface area (Å²) in [6, 6.07) is 4.73. The summed E-state index contributed by atoms with van der Waals surface area (Å²) in [5.41, 5.74) is 6.08. The molecular weight excluding hydrogens is 204 g/mol. The Hall–Kier alpha value is -0.380. The predicted octanol–water partition coefficient (Wildman–Crippen LogP) is 1.96. The fourth-order valence-corrected chi connectivity index (χ4v) is 2.79. The van der Waals surface area contributed by atoms with Crippen LogP contribution in [0.4, 0.5) is 0 Å². The molecule has 2 rings (SSSR count). The number of piperidine rings is 1. The molecule has 0 aliphatic carbocycles. The van der Waals surface area contributed by atoms with Gasteiger partial charge in [-0.1, -0.05) is 13.0 Å². The van der Waals surface area contributed by atoms with Gasteiger partial charge in [0.2, 0.25) is 0 Å². The lowest BCUT2D eigenvalue weighted by Gasteiger charge is -2.34. The summed E-state index contributed by atoms with van der Waals surface area (Å²) in [5.74, 6) is 0.697. The maximum atomic E-state index is 6.08. The van der Waals surface area contributed by atoms with Crippen molar-refractivity contribution in [1.82, 2.24) is 4.90 Å². The van der Waals surface area contributed by atoms with Crippen molar-refractivity contribution in [2.24, 2.45) is 11.7 Å². The SMILES string of the molecule is CC1CCN(CCc2cccs2)CC1N. The van der Waals surface area contributed by atoms with Gasteiger partial charge in [0.25, 0.3) is 0 Å². The molecule has 0 radical (unpaired) electrons. The van der Waals surface area contributed by atoms with E-state index < -0.39 is 0 Å². The van der Waals surface area contributed by atoms with E-state index in [1.807, 2.05) is 11.3 Å². The molecule has 15 heavy (non-hydrogen) atoms. The number of nitrogens with two attached hydrogens (primary N) is 1. The van der Waals surface area contributed by atoms with Gasteiger partial charge in [0.05, 0.1) is 0 Å². The lowest BCUT2D eigenvalue weighted by molar-refractivity contribution is 0.171. The number of likely N-dealkylation sites (tertiary alicyclic amines) is 1. The van der Waals surface area contributed by atoms with Crippen molar-refractivity contribution in [3.8, 4) is 0 Å². The van der Waals surface area contributed by atoms with E-state index in [0.29, 0.717) is 12.0 Å². The molecule has 0 spiro atoms. The molecule has 0 aromatic carbocycles. The van der Waals surface area contributed by atoms with Crippen molar-refractivity contribution in [3.05, 3.63) is 22.4 Å². The Morgan fingerprint density at radius 2 is 2.47 bits per heavy atom. The molecule has 0 amide bonds. The molecule has 1 aromatic heterocycles. The maximum absolute atomic E-state index is 6.08. The fourth-order valence-electron chi connectivity index (χ4n) is 2.10. The zero-order valence-corrected chi connectivity index (χ0v) is 10.2. The first-order valence-corrected chi connectivity index (χ1v) is 6.64. The molecule has 3 heteroatoms. The van der Waals surface area contributed by atoms with Crippen LogP contribution in [0.15, 0.2) is 17.5 Å². The van der Waals surface area contributed by atoms with Crippen LogP contribution in [0.2, 0.25) is 0 Å². The van der Waals surface area contributed by atoms with Gasteiger partial charge in [0, 0.05) is 24.0 Å². The highest BCUT2D eigenvalue weighted by atomic mass is 32.1. The van der Waals surface area contributed by atoms with Gasteiger partial charge in [0.15, 0.2) is 0 Å². The van der Waals surface area contributed by atoms with Crippen molar-refractivity contribution < 1.29 is 0 Å². The molecule has 1 aromatic rings. The van der Waals surface area contributed by atoms with Gasteiger partial charge in [-0.25, -0.2) is 0 Å². The van der Waals surface area contributed by atoms with Crippen LogP contribution in [0.25, 0.3) is 0 Å². The van der Waals surface area contributed by atoms with Gasteiger partial charge in [-0.05, 0) is 36.8 Å². The molecule has 1 fully saturated rings. The Bertz CT molecular complexity index is 284. The molecule has 1 aliphatic heterocycles. The molecule has 2 heterocycles. The Labute approximate surface area is 96.1 Å². The van der Waals surface area contributed by atoms with E-state index >= 15 is 0 Å². The van der Waals surface area contributed by atoms with Crippen LogP contribution in [-0.2, 0) is 6.42 Å². The summed E-state index contributed by atoms with van der Waals surface area (Å²) in [6.07, 6.45) is 2.43. The highest BCUT2D eigenvalue weighted by Gasteiger charge is 2.22. The maximum Gasteiger partial charge on any atom is 0.0194 e. The van der Waals surface area contributed by atoms with E-state index in [-0.39, 0.29) is 0 Å². The smallest absolute Gasteiger partial charge is 0.0194 e. The fraction of sp³-hybridized carbons (Fsp3) is 0.667. The lowest BCUT2D eigenvalue weighted by atomic mass is 9.94. The number of hydrogen-bond donors (Lipinski definition) is 1. The van der Waals surface area contributed by atoms with Crippen LogP contribution >= 0.6 is 11.3 Å². The average molecular weight is 224 g/mol. The number of thiophene rings is 1. The number of rotatable bonds is 3. The largest absolute Gasteiger partial charge is 0.326 e. The minimum atomic E-state index is 0.377. The van der Waals surface area contributed by atoms with Gasteiger partial charge in [-0.3, -0.25) is 0 Å². The molecule has 84 valence electrons. The molecular formula is C12H20N2S. The second-order valence-corrected chi connectivity index (χ2v) is 5.59. The summed E-state index contributed by atoms with van der Waals surface area (Å²) in [4.78, 5) is 3.99. The predicted molar refractivity (Wildman–Crippen MR) is 66.2 cm³/mol. The Morgan fingerprint density at radius 3 is 3.13 bits per heavy atom. The summed E-state index contributed by atoms with van der Waals surface area (Å²) < 4.78 is 0. The van der Waals surface area contributed by atoms with E-state index in [9.17, 15) is 0 Å². The second-order valence-electron chi connectivity index (χ2n) is 4.56. The quantitative estimate of drug-likeness (QED) is 0.850. The summed E-state index contributed by atoms with van der Waals surface area (Å²) in [7, 11) is 0. The van der Waals surface area contributed by atoms with Crippen molar-refractivity contribution >= 4 is 11.3 Å². The Morgan fingerprint density at radius 1 is 1.60 bits per heavy atom. The van der Waals surface area contributed by atoms with Gasteiger partial charge in [-0.2, -0.15) is 0 Å². The van der Waals surface area contributed by atoms with Crippen molar-refractivity contribution in [2.75, 3.05) is 19.6 Å². The summed E-state index contributed by atoms with van der Waals surface area (Å²) >= 11 is 1.85. The monoisotopic (exact) mass is 224 g/mol. The van der Waals surface area contributed by atoms with Crippen LogP contribution in [0.5, 0.6) is 0 Å². The van der Waals surface area contributed by atoms with Crippen molar-refractivity contribution in [1.29, 1.82) is 0 Å². The van der Waals surface area contributed by atoms with E-state index in [1.54, 1.807) is 0 Å². The Balaban J connectivity index is 1.76. The van der Waals surface area contributed by atoms with Crippen LogP contribution in [-0.4, -0.2) is 30.6 Å². The van der Waals surface area contributed by atoms with Gasteiger partial charge in [0.1, 0.15) is 0 Å². The first kappa shape index (κ1) is 11.1. The Kier molecular flexibility index (Phi) is 3.78. The lowest BCUT2D eigenvalue weighted by Crippen LogP contribution is -2.47. The highest BCUT2D eigenvalue weighted by Crippen LogP contribution is 2.16. The van der Waals surface area contributed by atoms with Crippen molar-refractivity contribution in [3.63, 3.8) is 0 Å². The first-order chi connectivity index (χ1) is 7.25. The number of hydrogen-bond acceptors (Lipinski definition) is 3. The first-order valence-electron chi connectivity index (χ1n) is 5.76. The molecule has 2 nitrogen and oxygen atoms in total. The zero-order valence-electron chi connectivity index (χ0n) is 9.36. The van der Waals surface area contributed by atoms with Gasteiger partial charge >= 0.3 is 0 Å². The van der Waals surface area contributed by atoms with Crippen LogP contribution in [0.1, 0.15) is 18.2 Å². The third-order valence-corrected chi connectivity index (χ3v) is 4.29. The highest BCUT2D eigenvalue weighted by molar-refractivity contribution is 7.09. The topological polar surface area (TPSA) is 29.3 Å². The molecule has 2 N–H and O–H groups in total.